The molecule has 1 unspecified atom stereocenters. The number of nitrogens with zero attached hydrogens (tertiary/aromatic N) is 2. The fraction of sp³-hybridized carbons (Fsp3) is 0.750. The van der Waals surface area contributed by atoms with E-state index >= 15 is 0 Å². The summed E-state index contributed by atoms with van der Waals surface area (Å²) in [6.07, 6.45) is 0. The van der Waals surface area contributed by atoms with Crippen LogP contribution >= 0.6 is 15.9 Å². The van der Waals surface area contributed by atoms with Crippen molar-refractivity contribution in [1.29, 1.82) is 0 Å². The number of hydrogen-bond donors (Lipinski definition) is 0. The normalized spacial score (nSPS) is 22.9. The Morgan fingerprint density at radius 1 is 1.00 bits per heavy atom. The summed E-state index contributed by atoms with van der Waals surface area (Å²) < 4.78 is 0. The molecule has 0 N–H and O–H groups in total. The number of carbonyl (C=O) groups is 1. The number of carbonyl (C=O) groups excluding carboxylic acids is 1. The molecule has 1 rings (SSSR count). The average Bonchev–Trinajstić information content (AvgIpc) is 2.05. The molecule has 1 heterocycles. The van der Waals surface area contributed by atoms with Crippen LogP contribution in [0.15, 0.2) is 9.98 Å². The van der Waals surface area contributed by atoms with Gasteiger partial charge in [0.25, 0.3) is 5.91 Å². The largest absolute Gasteiger partial charge is 0.271 e. The summed E-state index contributed by atoms with van der Waals surface area (Å²) in [5, 5.41) is 0. The van der Waals surface area contributed by atoms with Crippen LogP contribution in [0.25, 0.3) is 0 Å². The zero-order valence-electron chi connectivity index (χ0n) is 10.8. The number of hydrogen-bond acceptors (Lipinski definition) is 2. The molecule has 0 spiro atoms. The van der Waals surface area contributed by atoms with Crippen molar-refractivity contribution in [3.8, 4) is 0 Å². The quantitative estimate of drug-likeness (QED) is 0.631. The third-order valence-electron chi connectivity index (χ3n) is 2.34. The van der Waals surface area contributed by atoms with Crippen molar-refractivity contribution in [3.63, 3.8) is 0 Å². The first-order valence-electron chi connectivity index (χ1n) is 5.39. The summed E-state index contributed by atoms with van der Waals surface area (Å²) in [6, 6.07) is 0. The average molecular weight is 287 g/mol. The molecule has 1 aliphatic heterocycles. The van der Waals surface area contributed by atoms with Gasteiger partial charge in [0.1, 0.15) is 10.7 Å². The van der Waals surface area contributed by atoms with Crippen molar-refractivity contribution in [2.24, 2.45) is 20.8 Å². The van der Waals surface area contributed by atoms with Gasteiger partial charge < -0.3 is 0 Å². The van der Waals surface area contributed by atoms with Gasteiger partial charge in [-0.1, -0.05) is 57.5 Å². The highest BCUT2D eigenvalue weighted by molar-refractivity contribution is 9.10. The predicted molar refractivity (Wildman–Crippen MR) is 71.5 cm³/mol. The number of amides is 1. The van der Waals surface area contributed by atoms with E-state index in [9.17, 15) is 4.79 Å². The Morgan fingerprint density at radius 3 is 1.88 bits per heavy atom. The smallest absolute Gasteiger partial charge is 0.266 e. The predicted octanol–water partition coefficient (Wildman–Crippen LogP) is 3.22. The van der Waals surface area contributed by atoms with Crippen molar-refractivity contribution in [2.75, 3.05) is 0 Å². The van der Waals surface area contributed by atoms with Gasteiger partial charge in [-0.2, -0.15) is 4.99 Å². The van der Waals surface area contributed by atoms with Gasteiger partial charge in [-0.15, -0.1) is 0 Å². The van der Waals surface area contributed by atoms with Crippen LogP contribution in [0.5, 0.6) is 0 Å². The number of alkyl halides is 1. The minimum Gasteiger partial charge on any atom is -0.271 e. The maximum absolute atomic E-state index is 11.8. The molecule has 1 atom stereocenters. The molecule has 16 heavy (non-hydrogen) atoms. The van der Waals surface area contributed by atoms with Crippen LogP contribution in [0.2, 0.25) is 0 Å². The molecule has 0 aliphatic carbocycles. The number of rotatable bonds is 0. The molecule has 0 aromatic carbocycles. The lowest BCUT2D eigenvalue weighted by molar-refractivity contribution is -0.116. The second kappa shape index (κ2) is 4.06. The lowest BCUT2D eigenvalue weighted by Crippen LogP contribution is -2.39. The highest BCUT2D eigenvalue weighted by atomic mass is 79.9. The van der Waals surface area contributed by atoms with E-state index in [0.717, 1.165) is 5.71 Å². The molecule has 0 aromatic rings. The molecule has 3 nitrogen and oxygen atoms in total. The van der Waals surface area contributed by atoms with E-state index in [1.165, 1.54) is 0 Å². The zero-order valence-corrected chi connectivity index (χ0v) is 12.3. The van der Waals surface area contributed by atoms with Crippen LogP contribution in [-0.4, -0.2) is 22.3 Å². The first-order valence-corrected chi connectivity index (χ1v) is 6.31. The topological polar surface area (TPSA) is 41.8 Å². The third-order valence-corrected chi connectivity index (χ3v) is 3.16. The van der Waals surface area contributed by atoms with Crippen molar-refractivity contribution in [1.82, 2.24) is 0 Å². The summed E-state index contributed by atoms with van der Waals surface area (Å²) >= 11 is 3.36. The molecule has 1 aliphatic rings. The summed E-state index contributed by atoms with van der Waals surface area (Å²) in [4.78, 5) is 20.0. The molecule has 0 saturated heterocycles. The minimum atomic E-state index is -0.376. The lowest BCUT2D eigenvalue weighted by Gasteiger charge is -2.30. The van der Waals surface area contributed by atoms with Gasteiger partial charge in [0.15, 0.2) is 0 Å². The van der Waals surface area contributed by atoms with E-state index in [4.69, 9.17) is 0 Å². The van der Waals surface area contributed by atoms with E-state index in [0.29, 0.717) is 5.84 Å². The van der Waals surface area contributed by atoms with E-state index in [-0.39, 0.29) is 21.6 Å². The van der Waals surface area contributed by atoms with Crippen LogP contribution in [0.3, 0.4) is 0 Å². The number of halogens is 1. The Hall–Kier alpha value is -0.510. The van der Waals surface area contributed by atoms with E-state index < -0.39 is 0 Å². The third kappa shape index (κ3) is 2.78. The molecule has 0 aromatic heterocycles. The maximum Gasteiger partial charge on any atom is 0.266 e. The standard InChI is InChI=1S/C12H19BrN2O/c1-11(2,3)8-7(13)9(16)15-10(14-8)12(4,5)6/h7H,1-6H3. The Labute approximate surface area is 106 Å². The number of amidine groups is 1. The Morgan fingerprint density at radius 2 is 1.50 bits per heavy atom. The van der Waals surface area contributed by atoms with Gasteiger partial charge in [0, 0.05) is 16.5 Å². The van der Waals surface area contributed by atoms with Crippen molar-refractivity contribution >= 4 is 33.4 Å². The first-order chi connectivity index (χ1) is 7.03. The zero-order chi connectivity index (χ0) is 12.7. The van der Waals surface area contributed by atoms with Gasteiger partial charge in [0.05, 0.1) is 0 Å². The van der Waals surface area contributed by atoms with Crippen LogP contribution in [0.1, 0.15) is 41.5 Å². The second-order valence-electron chi connectivity index (χ2n) is 6.13. The summed E-state index contributed by atoms with van der Waals surface area (Å²) in [5.74, 6) is 0.475. The van der Waals surface area contributed by atoms with Crippen molar-refractivity contribution < 1.29 is 4.79 Å². The summed E-state index contributed by atoms with van der Waals surface area (Å²) in [7, 11) is 0. The van der Waals surface area contributed by atoms with Gasteiger partial charge in [0.2, 0.25) is 0 Å². The van der Waals surface area contributed by atoms with Crippen LogP contribution in [0, 0.1) is 10.8 Å². The summed E-state index contributed by atoms with van der Waals surface area (Å²) in [5.41, 5.74) is 0.535. The van der Waals surface area contributed by atoms with E-state index in [1.54, 1.807) is 0 Å². The minimum absolute atomic E-state index is 0.129. The fourth-order valence-electron chi connectivity index (χ4n) is 1.36. The molecule has 0 radical (unpaired) electrons. The van der Waals surface area contributed by atoms with Crippen LogP contribution < -0.4 is 0 Å². The molecule has 90 valence electrons. The molecule has 4 heteroatoms. The van der Waals surface area contributed by atoms with Gasteiger partial charge in [-0.05, 0) is 0 Å². The molecule has 1 amide bonds. The maximum atomic E-state index is 11.8. The lowest BCUT2D eigenvalue weighted by atomic mass is 9.85. The molecular formula is C12H19BrN2O. The van der Waals surface area contributed by atoms with Crippen molar-refractivity contribution in [3.05, 3.63) is 0 Å². The Kier molecular flexibility index (Phi) is 3.44. The highest BCUT2D eigenvalue weighted by Gasteiger charge is 2.36. The van der Waals surface area contributed by atoms with Crippen molar-refractivity contribution in [2.45, 2.75) is 46.4 Å². The van der Waals surface area contributed by atoms with Gasteiger partial charge in [-0.3, -0.25) is 4.79 Å². The Bertz CT molecular complexity index is 369. The molecule has 0 bridgehead atoms. The van der Waals surface area contributed by atoms with Gasteiger partial charge >= 0.3 is 0 Å². The van der Waals surface area contributed by atoms with E-state index in [1.807, 2.05) is 20.8 Å². The Balaban J connectivity index is 3.23. The van der Waals surface area contributed by atoms with Crippen LogP contribution in [-0.2, 0) is 4.79 Å². The second-order valence-corrected chi connectivity index (χ2v) is 7.05. The molecule has 0 fully saturated rings. The summed E-state index contributed by atoms with van der Waals surface area (Å²) in [6.45, 7) is 12.2. The molecule has 0 saturated carbocycles. The highest BCUT2D eigenvalue weighted by Crippen LogP contribution is 2.29. The SMILES string of the molecule is CC(C)(C)C1=NC(=O)C(Br)C(C(C)(C)C)=N1. The van der Waals surface area contributed by atoms with E-state index in [2.05, 4.69) is 46.7 Å². The number of aliphatic imine (C=N–C) groups is 2. The molecular weight excluding hydrogens is 268 g/mol. The van der Waals surface area contributed by atoms with Crippen LogP contribution in [0.4, 0.5) is 0 Å². The first kappa shape index (κ1) is 13.6. The monoisotopic (exact) mass is 286 g/mol. The van der Waals surface area contributed by atoms with Gasteiger partial charge in [-0.25, -0.2) is 4.99 Å². The fourth-order valence-corrected chi connectivity index (χ4v) is 2.25.